The quantitative estimate of drug-likeness (QED) is 0.700. The van der Waals surface area contributed by atoms with Gasteiger partial charge in [0.25, 0.3) is 0 Å². The number of nitrogens with zero attached hydrogens (tertiary/aromatic N) is 3. The van der Waals surface area contributed by atoms with Gasteiger partial charge in [-0.2, -0.15) is 5.10 Å². The summed E-state index contributed by atoms with van der Waals surface area (Å²) in [5.41, 5.74) is 2.07. The van der Waals surface area contributed by atoms with E-state index in [1.807, 2.05) is 23.9 Å². The van der Waals surface area contributed by atoms with Gasteiger partial charge >= 0.3 is 0 Å². The van der Waals surface area contributed by atoms with Gasteiger partial charge < -0.3 is 0 Å². The molecule has 2 aromatic heterocycles. The third-order valence-corrected chi connectivity index (χ3v) is 2.13. The Bertz CT molecular complexity index is 417. The molecule has 3 nitrogen and oxygen atoms in total. The summed E-state index contributed by atoms with van der Waals surface area (Å²) >= 11 is 0. The van der Waals surface area contributed by atoms with Gasteiger partial charge in [-0.3, -0.25) is 0 Å². The monoisotopic (exact) mass is 175 g/mol. The molecule has 3 heteroatoms. The number of aromatic nitrogens is 3. The van der Waals surface area contributed by atoms with Gasteiger partial charge in [-0.25, -0.2) is 9.67 Å². The Balaban J connectivity index is 2.63. The molecular weight excluding hydrogens is 162 g/mol. The fraction of sp³-hybridized carbons (Fsp3) is 0.400. The van der Waals surface area contributed by atoms with Gasteiger partial charge in [0.05, 0.1) is 5.69 Å². The molecule has 68 valence electrons. The third kappa shape index (κ3) is 1.30. The molecule has 0 spiro atoms. The van der Waals surface area contributed by atoms with Crippen molar-refractivity contribution in [2.24, 2.45) is 0 Å². The van der Waals surface area contributed by atoms with E-state index in [-0.39, 0.29) is 0 Å². The topological polar surface area (TPSA) is 30.7 Å². The van der Waals surface area contributed by atoms with Crippen LogP contribution in [0.5, 0.6) is 0 Å². The SMILES string of the molecule is CCCn1nc(C)c2cccnc21. The highest BCUT2D eigenvalue weighted by molar-refractivity contribution is 5.77. The molecule has 0 aliphatic carbocycles. The number of fused-ring (bicyclic) bond motifs is 1. The Labute approximate surface area is 77.4 Å². The van der Waals surface area contributed by atoms with Gasteiger partial charge in [0, 0.05) is 18.1 Å². The summed E-state index contributed by atoms with van der Waals surface area (Å²) in [6, 6.07) is 4.02. The molecule has 0 fully saturated rings. The number of rotatable bonds is 2. The number of hydrogen-bond donors (Lipinski definition) is 0. The molecule has 0 saturated carbocycles. The average molecular weight is 175 g/mol. The van der Waals surface area contributed by atoms with E-state index in [0.29, 0.717) is 0 Å². The van der Waals surface area contributed by atoms with E-state index in [1.165, 1.54) is 0 Å². The number of hydrogen-bond acceptors (Lipinski definition) is 2. The molecule has 0 aromatic carbocycles. The second-order valence-corrected chi connectivity index (χ2v) is 3.18. The molecule has 0 unspecified atom stereocenters. The van der Waals surface area contributed by atoms with Crippen LogP contribution < -0.4 is 0 Å². The van der Waals surface area contributed by atoms with Gasteiger partial charge in [-0.15, -0.1) is 0 Å². The lowest BCUT2D eigenvalue weighted by Crippen LogP contribution is -1.99. The van der Waals surface area contributed by atoms with Gasteiger partial charge in [0.15, 0.2) is 5.65 Å². The van der Waals surface area contributed by atoms with Crippen LogP contribution in [0.3, 0.4) is 0 Å². The van der Waals surface area contributed by atoms with E-state index in [2.05, 4.69) is 23.1 Å². The lowest BCUT2D eigenvalue weighted by atomic mass is 10.3. The van der Waals surface area contributed by atoms with Crippen molar-refractivity contribution >= 4 is 11.0 Å². The average Bonchev–Trinajstić information content (AvgIpc) is 2.46. The van der Waals surface area contributed by atoms with Crippen molar-refractivity contribution in [3.8, 4) is 0 Å². The zero-order valence-electron chi connectivity index (χ0n) is 7.99. The summed E-state index contributed by atoms with van der Waals surface area (Å²) in [4.78, 5) is 4.32. The maximum atomic E-state index is 4.43. The lowest BCUT2D eigenvalue weighted by Gasteiger charge is -1.97. The normalized spacial score (nSPS) is 10.9. The van der Waals surface area contributed by atoms with E-state index in [4.69, 9.17) is 0 Å². The standard InChI is InChI=1S/C10H13N3/c1-3-7-13-10-9(8(2)12-13)5-4-6-11-10/h4-6H,3,7H2,1-2H3. The third-order valence-electron chi connectivity index (χ3n) is 2.13. The fourth-order valence-corrected chi connectivity index (χ4v) is 1.54. The van der Waals surface area contributed by atoms with E-state index in [1.54, 1.807) is 0 Å². The molecule has 0 atom stereocenters. The summed E-state index contributed by atoms with van der Waals surface area (Å²) in [5, 5.41) is 5.60. The highest BCUT2D eigenvalue weighted by atomic mass is 15.3. The molecule has 0 saturated heterocycles. The van der Waals surface area contributed by atoms with Crippen LogP contribution in [-0.4, -0.2) is 14.8 Å². The van der Waals surface area contributed by atoms with Crippen molar-refractivity contribution in [1.82, 2.24) is 14.8 Å². The van der Waals surface area contributed by atoms with Crippen LogP contribution in [-0.2, 0) is 6.54 Å². The van der Waals surface area contributed by atoms with Crippen LogP contribution in [0.2, 0.25) is 0 Å². The number of aryl methyl sites for hydroxylation is 2. The van der Waals surface area contributed by atoms with Crippen LogP contribution in [0.25, 0.3) is 11.0 Å². The Kier molecular flexibility index (Phi) is 2.00. The van der Waals surface area contributed by atoms with Gasteiger partial charge in [-0.1, -0.05) is 6.92 Å². The second-order valence-electron chi connectivity index (χ2n) is 3.18. The Hall–Kier alpha value is -1.38. The molecule has 0 amide bonds. The molecule has 0 bridgehead atoms. The van der Waals surface area contributed by atoms with E-state index < -0.39 is 0 Å². The van der Waals surface area contributed by atoms with Crippen molar-refractivity contribution in [2.45, 2.75) is 26.8 Å². The molecule has 13 heavy (non-hydrogen) atoms. The molecule has 2 aromatic rings. The van der Waals surface area contributed by atoms with Crippen LogP contribution in [0.4, 0.5) is 0 Å². The maximum absolute atomic E-state index is 4.43. The van der Waals surface area contributed by atoms with Crippen molar-refractivity contribution in [3.63, 3.8) is 0 Å². The molecular formula is C10H13N3. The first-order valence-corrected chi connectivity index (χ1v) is 4.61. The first kappa shape index (κ1) is 8.23. The highest BCUT2D eigenvalue weighted by Crippen LogP contribution is 2.14. The molecule has 2 heterocycles. The fourth-order valence-electron chi connectivity index (χ4n) is 1.54. The summed E-state index contributed by atoms with van der Waals surface area (Å²) in [5.74, 6) is 0. The minimum Gasteiger partial charge on any atom is -0.247 e. The van der Waals surface area contributed by atoms with Crippen molar-refractivity contribution < 1.29 is 0 Å². The van der Waals surface area contributed by atoms with E-state index in [0.717, 1.165) is 29.7 Å². The first-order valence-electron chi connectivity index (χ1n) is 4.61. The smallest absolute Gasteiger partial charge is 0.157 e. The molecule has 0 radical (unpaired) electrons. The van der Waals surface area contributed by atoms with Gasteiger partial charge in [0.2, 0.25) is 0 Å². The molecule has 0 aliphatic heterocycles. The Morgan fingerprint density at radius 3 is 3.08 bits per heavy atom. The predicted octanol–water partition coefficient (Wildman–Crippen LogP) is 2.15. The largest absolute Gasteiger partial charge is 0.247 e. The summed E-state index contributed by atoms with van der Waals surface area (Å²) in [6.07, 6.45) is 2.91. The van der Waals surface area contributed by atoms with Crippen LogP contribution in [0.1, 0.15) is 19.0 Å². The summed E-state index contributed by atoms with van der Waals surface area (Å²) in [6.45, 7) is 5.11. The number of pyridine rings is 1. The molecule has 2 rings (SSSR count). The lowest BCUT2D eigenvalue weighted by molar-refractivity contribution is 0.612. The Morgan fingerprint density at radius 1 is 1.46 bits per heavy atom. The van der Waals surface area contributed by atoms with Gasteiger partial charge in [0.1, 0.15) is 0 Å². The minimum atomic E-state index is 0.946. The molecule has 0 N–H and O–H groups in total. The minimum absolute atomic E-state index is 0.946. The second kappa shape index (κ2) is 3.17. The van der Waals surface area contributed by atoms with E-state index >= 15 is 0 Å². The summed E-state index contributed by atoms with van der Waals surface area (Å²) < 4.78 is 1.98. The van der Waals surface area contributed by atoms with Gasteiger partial charge in [-0.05, 0) is 25.5 Å². The Morgan fingerprint density at radius 2 is 2.31 bits per heavy atom. The van der Waals surface area contributed by atoms with Crippen molar-refractivity contribution in [1.29, 1.82) is 0 Å². The predicted molar refractivity (Wildman–Crippen MR) is 52.6 cm³/mol. The first-order chi connectivity index (χ1) is 6.33. The van der Waals surface area contributed by atoms with E-state index in [9.17, 15) is 0 Å². The zero-order valence-corrected chi connectivity index (χ0v) is 7.99. The van der Waals surface area contributed by atoms with Crippen LogP contribution in [0.15, 0.2) is 18.3 Å². The van der Waals surface area contributed by atoms with Crippen LogP contribution >= 0.6 is 0 Å². The zero-order chi connectivity index (χ0) is 9.26. The van der Waals surface area contributed by atoms with Crippen molar-refractivity contribution in [2.75, 3.05) is 0 Å². The highest BCUT2D eigenvalue weighted by Gasteiger charge is 2.05. The maximum Gasteiger partial charge on any atom is 0.157 e. The molecule has 0 aliphatic rings. The van der Waals surface area contributed by atoms with Crippen LogP contribution in [0, 0.1) is 6.92 Å². The summed E-state index contributed by atoms with van der Waals surface area (Å²) in [7, 11) is 0. The van der Waals surface area contributed by atoms with Crippen molar-refractivity contribution in [3.05, 3.63) is 24.0 Å².